The summed E-state index contributed by atoms with van der Waals surface area (Å²) in [5, 5.41) is 10.6. The minimum Gasteiger partial charge on any atom is -0.455 e. The summed E-state index contributed by atoms with van der Waals surface area (Å²) in [5.41, 5.74) is 7.02. The van der Waals surface area contributed by atoms with Crippen LogP contribution >= 0.6 is 11.3 Å². The van der Waals surface area contributed by atoms with Crippen molar-refractivity contribution in [1.29, 1.82) is 0 Å². The van der Waals surface area contributed by atoms with Crippen LogP contribution in [0.1, 0.15) is 22.9 Å². The van der Waals surface area contributed by atoms with Crippen LogP contribution in [-0.4, -0.2) is 11.7 Å². The molecule has 0 saturated heterocycles. The molecule has 5 heteroatoms. The highest BCUT2D eigenvalue weighted by Crippen LogP contribution is 2.38. The van der Waals surface area contributed by atoms with Crippen molar-refractivity contribution in [1.82, 2.24) is 5.32 Å². The predicted molar refractivity (Wildman–Crippen MR) is 201 cm³/mol. The number of amidine groups is 2. The van der Waals surface area contributed by atoms with E-state index in [0.717, 1.165) is 55.2 Å². The second-order valence-corrected chi connectivity index (χ2v) is 13.3. The second-order valence-electron chi connectivity index (χ2n) is 12.2. The predicted octanol–water partition coefficient (Wildman–Crippen LogP) is 11.3. The molecule has 0 fully saturated rings. The van der Waals surface area contributed by atoms with Crippen LogP contribution in [0.25, 0.3) is 64.0 Å². The van der Waals surface area contributed by atoms with Gasteiger partial charge in [-0.15, -0.1) is 11.3 Å². The summed E-state index contributed by atoms with van der Waals surface area (Å²) in [5.74, 6) is 1.44. The van der Waals surface area contributed by atoms with Crippen LogP contribution in [0.15, 0.2) is 166 Å². The molecule has 0 amide bonds. The number of benzene rings is 7. The Kier molecular flexibility index (Phi) is 6.08. The minimum absolute atomic E-state index is 0.353. The van der Waals surface area contributed by atoms with Crippen LogP contribution < -0.4 is 5.32 Å². The molecule has 2 aromatic heterocycles. The van der Waals surface area contributed by atoms with Gasteiger partial charge in [0.1, 0.15) is 23.2 Å². The van der Waals surface area contributed by atoms with Crippen molar-refractivity contribution in [2.45, 2.75) is 6.17 Å². The molecule has 3 heterocycles. The lowest BCUT2D eigenvalue weighted by Crippen LogP contribution is -2.33. The van der Waals surface area contributed by atoms with Gasteiger partial charge >= 0.3 is 0 Å². The Balaban J connectivity index is 1.18. The van der Waals surface area contributed by atoms with Crippen molar-refractivity contribution in [3.63, 3.8) is 0 Å². The van der Waals surface area contributed by atoms with Crippen LogP contribution in [0.4, 0.5) is 0 Å². The van der Waals surface area contributed by atoms with Gasteiger partial charge in [0, 0.05) is 36.5 Å². The number of nitrogens with zero attached hydrogens (tertiary/aromatic N) is 2. The summed E-state index contributed by atoms with van der Waals surface area (Å²) >= 11 is 1.81. The van der Waals surface area contributed by atoms with E-state index >= 15 is 0 Å². The van der Waals surface area contributed by atoms with E-state index in [-0.39, 0.29) is 6.17 Å². The van der Waals surface area contributed by atoms with Crippen LogP contribution in [-0.2, 0) is 0 Å². The van der Waals surface area contributed by atoms with Crippen molar-refractivity contribution in [2.24, 2.45) is 9.98 Å². The maximum Gasteiger partial charge on any atom is 0.159 e. The molecule has 48 heavy (non-hydrogen) atoms. The maximum atomic E-state index is 6.62. The van der Waals surface area contributed by atoms with Gasteiger partial charge in [-0.25, -0.2) is 9.98 Å². The fourth-order valence-corrected chi connectivity index (χ4v) is 8.13. The highest BCUT2D eigenvalue weighted by atomic mass is 32.1. The molecule has 7 aromatic carbocycles. The third kappa shape index (κ3) is 4.36. The van der Waals surface area contributed by atoms with E-state index in [9.17, 15) is 0 Å². The second kappa shape index (κ2) is 10.8. The normalized spacial score (nSPS) is 14.9. The first-order chi connectivity index (χ1) is 23.8. The molecular formula is C43H27N3OS. The number of aliphatic imine (C=N–C) groups is 2. The van der Waals surface area contributed by atoms with Crippen molar-refractivity contribution >= 4 is 75.9 Å². The molecule has 0 aliphatic carbocycles. The number of thiophene rings is 1. The summed E-state index contributed by atoms with van der Waals surface area (Å²) in [7, 11) is 0. The van der Waals surface area contributed by atoms with Crippen molar-refractivity contribution in [2.75, 3.05) is 0 Å². The molecule has 10 rings (SSSR count). The van der Waals surface area contributed by atoms with Gasteiger partial charge in [0.15, 0.2) is 5.84 Å². The zero-order chi connectivity index (χ0) is 31.6. The van der Waals surface area contributed by atoms with Gasteiger partial charge in [0.05, 0.1) is 5.56 Å². The summed E-state index contributed by atoms with van der Waals surface area (Å²) in [6, 6.07) is 53.3. The number of hydrogen-bond acceptors (Lipinski definition) is 5. The molecule has 9 aromatic rings. The Morgan fingerprint density at radius 2 is 1.23 bits per heavy atom. The lowest BCUT2D eigenvalue weighted by molar-refractivity contribution is 0.660. The summed E-state index contributed by atoms with van der Waals surface area (Å²) in [4.78, 5) is 10.6. The van der Waals surface area contributed by atoms with E-state index in [1.807, 2.05) is 18.2 Å². The van der Waals surface area contributed by atoms with Gasteiger partial charge < -0.3 is 9.73 Å². The average molecular weight is 634 g/mol. The molecule has 226 valence electrons. The monoisotopic (exact) mass is 633 g/mol. The third-order valence-electron chi connectivity index (χ3n) is 9.34. The SMILES string of the molecule is c1ccc(-c2ccc(C3N=C(c4ccc5c(c4)sc4ccccc45)N=C(c4c5ccccc5cc5c4oc4ccccc45)N3)cc2)cc1. The number of para-hydroxylation sites is 1. The summed E-state index contributed by atoms with van der Waals surface area (Å²) in [6.45, 7) is 0. The van der Waals surface area contributed by atoms with E-state index < -0.39 is 0 Å². The Morgan fingerprint density at radius 3 is 2.10 bits per heavy atom. The van der Waals surface area contributed by atoms with E-state index in [1.165, 1.54) is 31.3 Å². The molecule has 1 aliphatic heterocycles. The molecule has 1 atom stereocenters. The number of fused-ring (bicyclic) bond motifs is 7. The fourth-order valence-electron chi connectivity index (χ4n) is 6.99. The number of furan rings is 1. The standard InChI is InChI=1S/C43H27N3OS/c1-2-10-26(11-3-1)27-18-20-28(21-19-27)41-44-42(30-22-23-34-33-15-7-9-17-37(33)48-38(34)25-30)46-43(45-41)39-31-13-5-4-12-29(31)24-35-32-14-6-8-16-36(32)47-40(35)39/h1-25,41H,(H,44,45,46). The van der Waals surface area contributed by atoms with Crippen LogP contribution in [0.5, 0.6) is 0 Å². The zero-order valence-electron chi connectivity index (χ0n) is 25.7. The van der Waals surface area contributed by atoms with Crippen molar-refractivity contribution in [3.8, 4) is 11.1 Å². The lowest BCUT2D eigenvalue weighted by Gasteiger charge is -2.24. The zero-order valence-corrected chi connectivity index (χ0v) is 26.5. The van der Waals surface area contributed by atoms with E-state index in [4.69, 9.17) is 14.4 Å². The molecule has 0 saturated carbocycles. The van der Waals surface area contributed by atoms with E-state index in [1.54, 1.807) is 11.3 Å². The van der Waals surface area contributed by atoms with Crippen LogP contribution in [0.3, 0.4) is 0 Å². The van der Waals surface area contributed by atoms with Crippen LogP contribution in [0, 0.1) is 0 Å². The number of hydrogen-bond donors (Lipinski definition) is 1. The summed E-state index contributed by atoms with van der Waals surface area (Å²) < 4.78 is 9.12. The van der Waals surface area contributed by atoms with Gasteiger partial charge in [0.2, 0.25) is 0 Å². The third-order valence-corrected chi connectivity index (χ3v) is 10.5. The Labute approximate surface area is 280 Å². The van der Waals surface area contributed by atoms with Gasteiger partial charge in [-0.2, -0.15) is 0 Å². The lowest BCUT2D eigenvalue weighted by atomic mass is 9.98. The number of rotatable bonds is 4. The first kappa shape index (κ1) is 27.1. The Morgan fingerprint density at radius 1 is 0.542 bits per heavy atom. The Hall–Kier alpha value is -6.04. The maximum absolute atomic E-state index is 6.62. The van der Waals surface area contributed by atoms with Crippen LogP contribution in [0.2, 0.25) is 0 Å². The first-order valence-corrected chi connectivity index (χ1v) is 16.9. The molecule has 0 bridgehead atoms. The number of nitrogens with one attached hydrogen (secondary N) is 1. The molecular weight excluding hydrogens is 607 g/mol. The quantitative estimate of drug-likeness (QED) is 0.210. The molecule has 1 aliphatic rings. The molecule has 1 unspecified atom stereocenters. The first-order valence-electron chi connectivity index (χ1n) is 16.1. The van der Waals surface area contributed by atoms with Gasteiger partial charge in [-0.05, 0) is 51.7 Å². The largest absolute Gasteiger partial charge is 0.455 e. The Bertz CT molecular complexity index is 2750. The average Bonchev–Trinajstić information content (AvgIpc) is 3.72. The van der Waals surface area contributed by atoms with Crippen molar-refractivity contribution in [3.05, 3.63) is 168 Å². The van der Waals surface area contributed by atoms with E-state index in [0.29, 0.717) is 5.84 Å². The smallest absolute Gasteiger partial charge is 0.159 e. The highest BCUT2D eigenvalue weighted by Gasteiger charge is 2.26. The van der Waals surface area contributed by atoms with E-state index in [2.05, 4.69) is 139 Å². The van der Waals surface area contributed by atoms with Gasteiger partial charge in [-0.1, -0.05) is 127 Å². The molecule has 0 spiro atoms. The van der Waals surface area contributed by atoms with Gasteiger partial charge in [0.25, 0.3) is 0 Å². The highest BCUT2D eigenvalue weighted by molar-refractivity contribution is 7.25. The fraction of sp³-hybridized carbons (Fsp3) is 0.0233. The summed E-state index contributed by atoms with van der Waals surface area (Å²) in [6.07, 6.45) is -0.353. The van der Waals surface area contributed by atoms with Crippen molar-refractivity contribution < 1.29 is 4.42 Å². The van der Waals surface area contributed by atoms with Gasteiger partial charge in [-0.3, -0.25) is 0 Å². The minimum atomic E-state index is -0.353. The molecule has 4 nitrogen and oxygen atoms in total. The molecule has 1 N–H and O–H groups in total. The topological polar surface area (TPSA) is 49.9 Å². The molecule has 0 radical (unpaired) electrons.